The number of allylic oxidation sites excluding steroid dienone is 5. The van der Waals surface area contributed by atoms with Crippen LogP contribution in [0.1, 0.15) is 386 Å². The first-order chi connectivity index (χ1) is 47.1. The van der Waals surface area contributed by atoms with Gasteiger partial charge in [0.1, 0.15) is 48.8 Å². The number of nitrogens with one attached hydrogen (secondary N) is 1. The molecule has 2 fully saturated rings. The summed E-state index contributed by atoms with van der Waals surface area (Å²) in [4.78, 5) is 13.4. The van der Waals surface area contributed by atoms with Gasteiger partial charge >= 0.3 is 0 Å². The van der Waals surface area contributed by atoms with Gasteiger partial charge in [0, 0.05) is 6.42 Å². The first kappa shape index (κ1) is 90.3. The van der Waals surface area contributed by atoms with Crippen molar-refractivity contribution >= 4 is 5.91 Å². The minimum Gasteiger partial charge on any atom is -0.394 e. The Morgan fingerprint density at radius 3 is 1.02 bits per heavy atom. The van der Waals surface area contributed by atoms with E-state index in [-0.39, 0.29) is 18.9 Å². The molecule has 0 aromatic heterocycles. The summed E-state index contributed by atoms with van der Waals surface area (Å²) in [6.07, 6.45) is 71.1. The molecular formula is C82H155NO13. The number of aliphatic hydroxyl groups is 8. The molecular weight excluding hydrogens is 1210 g/mol. The predicted octanol–water partition coefficient (Wildman–Crippen LogP) is 18.8. The van der Waals surface area contributed by atoms with Crippen LogP contribution in [0.2, 0.25) is 0 Å². The molecule has 14 heteroatoms. The Bertz CT molecular complexity index is 1750. The van der Waals surface area contributed by atoms with E-state index in [2.05, 4.69) is 43.5 Å². The molecule has 9 N–H and O–H groups in total. The van der Waals surface area contributed by atoms with Crippen LogP contribution in [0, 0.1) is 0 Å². The number of aliphatic hydroxyl groups excluding tert-OH is 8. The van der Waals surface area contributed by atoms with E-state index in [0.29, 0.717) is 12.8 Å². The monoisotopic (exact) mass is 1360 g/mol. The molecule has 0 bridgehead atoms. The lowest BCUT2D eigenvalue weighted by molar-refractivity contribution is -0.359. The summed E-state index contributed by atoms with van der Waals surface area (Å²) in [5.41, 5.74) is 0. The predicted molar refractivity (Wildman–Crippen MR) is 397 cm³/mol. The molecule has 0 saturated carbocycles. The van der Waals surface area contributed by atoms with Crippen LogP contribution in [-0.4, -0.2) is 140 Å². The Labute approximate surface area is 589 Å². The third kappa shape index (κ3) is 48.9. The SMILES string of the molecule is CCCCCCCCCCCCCCCCCC/C=C/CC/C=C/CC/C=C/C(O)C(COC1OC(CO)C(OC2OC(CO)C(O)C(O)C2O)C(O)C1O)NC(=O)CCCCCCCCCCCCCCCCCCCCCCCCCCCCCCCCCCCCCC. The fraction of sp³-hybridized carbons (Fsp3) is 0.915. The van der Waals surface area contributed by atoms with E-state index < -0.39 is 86.8 Å². The van der Waals surface area contributed by atoms with Crippen LogP contribution in [0.5, 0.6) is 0 Å². The van der Waals surface area contributed by atoms with E-state index in [4.69, 9.17) is 18.9 Å². The number of hydrogen-bond acceptors (Lipinski definition) is 13. The molecule has 2 rings (SSSR count). The summed E-state index contributed by atoms with van der Waals surface area (Å²) in [6.45, 7) is 2.84. The van der Waals surface area contributed by atoms with Crippen molar-refractivity contribution < 1.29 is 64.6 Å². The molecule has 12 atom stereocenters. The number of amides is 1. The minimum atomic E-state index is -1.79. The first-order valence-electron chi connectivity index (χ1n) is 41.2. The third-order valence-corrected chi connectivity index (χ3v) is 20.3. The Hall–Kier alpha value is -1.79. The molecule has 14 nitrogen and oxygen atoms in total. The van der Waals surface area contributed by atoms with Gasteiger partial charge in [0.2, 0.25) is 5.91 Å². The summed E-state index contributed by atoms with van der Waals surface area (Å²) >= 11 is 0. The van der Waals surface area contributed by atoms with Crippen LogP contribution < -0.4 is 5.32 Å². The lowest BCUT2D eigenvalue weighted by atomic mass is 9.97. The molecule has 12 unspecified atom stereocenters. The molecule has 0 aliphatic carbocycles. The van der Waals surface area contributed by atoms with Gasteiger partial charge in [-0.05, 0) is 44.9 Å². The van der Waals surface area contributed by atoms with Crippen LogP contribution in [-0.2, 0) is 23.7 Å². The van der Waals surface area contributed by atoms with Crippen molar-refractivity contribution in [2.24, 2.45) is 0 Å². The number of carbonyl (C=O) groups excluding carboxylic acids is 1. The van der Waals surface area contributed by atoms with Crippen LogP contribution >= 0.6 is 0 Å². The normalized spacial score (nSPS) is 22.4. The van der Waals surface area contributed by atoms with Crippen LogP contribution in [0.15, 0.2) is 36.5 Å². The van der Waals surface area contributed by atoms with E-state index in [1.54, 1.807) is 6.08 Å². The van der Waals surface area contributed by atoms with Gasteiger partial charge in [-0.3, -0.25) is 4.79 Å². The fourth-order valence-electron chi connectivity index (χ4n) is 13.8. The Balaban J connectivity index is 1.60. The smallest absolute Gasteiger partial charge is 0.220 e. The van der Waals surface area contributed by atoms with Crippen LogP contribution in [0.4, 0.5) is 0 Å². The third-order valence-electron chi connectivity index (χ3n) is 20.3. The zero-order chi connectivity index (χ0) is 69.4. The number of ether oxygens (including phenoxy) is 4. The van der Waals surface area contributed by atoms with Crippen molar-refractivity contribution in [2.45, 2.75) is 460 Å². The van der Waals surface area contributed by atoms with Crippen molar-refractivity contribution in [1.82, 2.24) is 5.32 Å². The largest absolute Gasteiger partial charge is 0.394 e. The highest BCUT2D eigenvalue weighted by molar-refractivity contribution is 5.76. The molecule has 566 valence electrons. The summed E-state index contributed by atoms with van der Waals surface area (Å²) in [5.74, 6) is -0.245. The topological polar surface area (TPSA) is 228 Å². The summed E-state index contributed by atoms with van der Waals surface area (Å²) in [6, 6.07) is -0.938. The number of unbranched alkanes of at least 4 members (excludes halogenated alkanes) is 53. The highest BCUT2D eigenvalue weighted by Crippen LogP contribution is 2.30. The van der Waals surface area contributed by atoms with E-state index in [1.165, 1.54) is 308 Å². The lowest BCUT2D eigenvalue weighted by Gasteiger charge is -2.46. The number of rotatable bonds is 70. The van der Waals surface area contributed by atoms with Gasteiger partial charge in [-0.2, -0.15) is 0 Å². The maximum Gasteiger partial charge on any atom is 0.220 e. The van der Waals surface area contributed by atoms with Crippen molar-refractivity contribution in [2.75, 3.05) is 19.8 Å². The number of carbonyl (C=O) groups is 1. The lowest BCUT2D eigenvalue weighted by Crippen LogP contribution is -2.65. The molecule has 1 amide bonds. The number of hydrogen-bond donors (Lipinski definition) is 9. The van der Waals surface area contributed by atoms with Crippen molar-refractivity contribution in [3.63, 3.8) is 0 Å². The van der Waals surface area contributed by atoms with Gasteiger partial charge in [0.25, 0.3) is 0 Å². The zero-order valence-electron chi connectivity index (χ0n) is 62.1. The molecule has 0 spiro atoms. The molecule has 2 aliphatic rings. The maximum atomic E-state index is 13.4. The summed E-state index contributed by atoms with van der Waals surface area (Å²) in [7, 11) is 0. The molecule has 2 heterocycles. The Morgan fingerprint density at radius 2 is 0.667 bits per heavy atom. The van der Waals surface area contributed by atoms with Gasteiger partial charge < -0.3 is 65.1 Å². The Morgan fingerprint density at radius 1 is 0.365 bits per heavy atom. The van der Waals surface area contributed by atoms with Crippen molar-refractivity contribution in [1.29, 1.82) is 0 Å². The van der Waals surface area contributed by atoms with Crippen molar-refractivity contribution in [3.8, 4) is 0 Å². The van der Waals surface area contributed by atoms with Crippen LogP contribution in [0.25, 0.3) is 0 Å². The van der Waals surface area contributed by atoms with Crippen molar-refractivity contribution in [3.05, 3.63) is 36.5 Å². The molecule has 2 saturated heterocycles. The second-order valence-corrected chi connectivity index (χ2v) is 29.2. The average Bonchev–Trinajstić information content (AvgIpc) is 0.796. The summed E-state index contributed by atoms with van der Waals surface area (Å²) < 4.78 is 22.9. The highest BCUT2D eigenvalue weighted by Gasteiger charge is 2.51. The standard InChI is InChI=1S/C82H155NO13/c1-3-5-7-9-11-13-15-17-19-21-23-25-27-29-31-32-33-34-35-36-37-38-39-40-42-44-46-48-50-52-54-56-58-60-62-64-66-74(87)83-70(69-93-81-79(92)77(90)80(73(68-85)95-81)96-82-78(91)76(89)75(88)72(67-84)94-82)71(86)65-63-61-59-57-55-53-51-49-47-45-43-41-30-28-26-24-22-20-18-16-14-12-10-8-6-4-2/h47,49,55,57,63,65,70-73,75-82,84-86,88-92H,3-46,48,50-54,56,58-62,64,66-69H2,1-2H3,(H,83,87)/b49-47+,57-55+,65-63+. The molecule has 0 aromatic rings. The van der Waals surface area contributed by atoms with E-state index in [0.717, 1.165) is 44.9 Å². The second kappa shape index (κ2) is 66.4. The van der Waals surface area contributed by atoms with Gasteiger partial charge in [0.05, 0.1) is 32.0 Å². The quantitative estimate of drug-likeness (QED) is 0.0204. The molecule has 2 aliphatic heterocycles. The minimum absolute atomic E-state index is 0.245. The van der Waals surface area contributed by atoms with Crippen LogP contribution in [0.3, 0.4) is 0 Å². The van der Waals surface area contributed by atoms with E-state index in [9.17, 15) is 45.6 Å². The molecule has 0 radical (unpaired) electrons. The van der Waals surface area contributed by atoms with Gasteiger partial charge in [-0.15, -0.1) is 0 Å². The highest BCUT2D eigenvalue weighted by atomic mass is 16.7. The van der Waals surface area contributed by atoms with E-state index in [1.807, 2.05) is 6.08 Å². The first-order valence-corrected chi connectivity index (χ1v) is 41.2. The van der Waals surface area contributed by atoms with E-state index >= 15 is 0 Å². The Kier molecular flexibility index (Phi) is 62.5. The fourth-order valence-corrected chi connectivity index (χ4v) is 13.8. The van der Waals surface area contributed by atoms with Gasteiger partial charge in [0.15, 0.2) is 12.6 Å². The van der Waals surface area contributed by atoms with Gasteiger partial charge in [-0.1, -0.05) is 371 Å². The molecule has 96 heavy (non-hydrogen) atoms. The molecule has 0 aromatic carbocycles. The van der Waals surface area contributed by atoms with Gasteiger partial charge in [-0.25, -0.2) is 0 Å². The summed E-state index contributed by atoms with van der Waals surface area (Å²) in [5, 5.41) is 87.6. The maximum absolute atomic E-state index is 13.4. The second-order valence-electron chi connectivity index (χ2n) is 29.2. The zero-order valence-corrected chi connectivity index (χ0v) is 62.1. The average molecular weight is 1360 g/mol.